The highest BCUT2D eigenvalue weighted by Crippen LogP contribution is 2.29. The van der Waals surface area contributed by atoms with Crippen LogP contribution in [-0.2, 0) is 16.1 Å². The smallest absolute Gasteiger partial charge is 0.262 e. The molecule has 0 bridgehead atoms. The lowest BCUT2D eigenvalue weighted by molar-refractivity contribution is -0.136. The lowest BCUT2D eigenvalue weighted by Crippen LogP contribution is -2.54. The summed E-state index contributed by atoms with van der Waals surface area (Å²) in [5.74, 6) is -1.86. The van der Waals surface area contributed by atoms with Crippen LogP contribution in [0.2, 0.25) is 0 Å². The van der Waals surface area contributed by atoms with Crippen LogP contribution in [0, 0.1) is 0 Å². The Bertz CT molecular complexity index is 884. The highest BCUT2D eigenvalue weighted by atomic mass is 16.2. The number of carbonyl (C=O) groups excluding carboxylic acids is 4. The second-order valence-corrected chi connectivity index (χ2v) is 8.34. The van der Waals surface area contributed by atoms with E-state index >= 15 is 0 Å². The van der Waals surface area contributed by atoms with Gasteiger partial charge < -0.3 is 5.32 Å². The topological polar surface area (TPSA) is 98.8 Å². The van der Waals surface area contributed by atoms with Gasteiger partial charge in [0.2, 0.25) is 11.8 Å². The van der Waals surface area contributed by atoms with E-state index in [1.54, 1.807) is 12.1 Å². The van der Waals surface area contributed by atoms with Crippen LogP contribution in [0.1, 0.15) is 64.8 Å². The number of imide groups is 2. The highest BCUT2D eigenvalue weighted by Gasteiger charge is 2.44. The molecule has 3 aliphatic heterocycles. The summed E-state index contributed by atoms with van der Waals surface area (Å²) in [5, 5.41) is 5.44. The molecule has 30 heavy (non-hydrogen) atoms. The van der Waals surface area contributed by atoms with Gasteiger partial charge in [0.1, 0.15) is 6.04 Å². The molecule has 0 saturated carbocycles. The van der Waals surface area contributed by atoms with E-state index in [0.717, 1.165) is 36.5 Å². The number of nitrogens with zero attached hydrogens (tertiary/aromatic N) is 2. The van der Waals surface area contributed by atoms with Crippen molar-refractivity contribution in [1.29, 1.82) is 0 Å². The predicted octanol–water partition coefficient (Wildman–Crippen LogP) is 1.05. The molecule has 4 amide bonds. The monoisotopic (exact) mass is 412 g/mol. The van der Waals surface area contributed by atoms with E-state index in [1.165, 1.54) is 19.3 Å². The van der Waals surface area contributed by atoms with Crippen LogP contribution in [0.3, 0.4) is 0 Å². The van der Waals surface area contributed by atoms with E-state index in [9.17, 15) is 19.2 Å². The molecule has 4 rings (SSSR count). The number of carbonyl (C=O) groups is 4. The summed E-state index contributed by atoms with van der Waals surface area (Å²) >= 11 is 0. The molecule has 2 atom stereocenters. The molecule has 1 aromatic carbocycles. The molecule has 160 valence electrons. The molecule has 2 unspecified atom stereocenters. The highest BCUT2D eigenvalue weighted by molar-refractivity contribution is 6.23. The lowest BCUT2D eigenvalue weighted by Gasteiger charge is -2.36. The van der Waals surface area contributed by atoms with Gasteiger partial charge in [0.05, 0.1) is 11.1 Å². The fourth-order valence-electron chi connectivity index (χ4n) is 4.76. The summed E-state index contributed by atoms with van der Waals surface area (Å²) in [7, 11) is 1.96. The number of rotatable bonds is 6. The van der Waals surface area contributed by atoms with Gasteiger partial charge in [-0.05, 0) is 63.5 Å². The fraction of sp³-hybridized carbons (Fsp3) is 0.545. The lowest BCUT2D eigenvalue weighted by atomic mass is 9.97. The fourth-order valence-corrected chi connectivity index (χ4v) is 4.76. The van der Waals surface area contributed by atoms with Crippen molar-refractivity contribution in [1.82, 2.24) is 20.4 Å². The number of nitrogens with one attached hydrogen (secondary N) is 2. The molecule has 2 N–H and O–H groups in total. The third-order valence-corrected chi connectivity index (χ3v) is 6.37. The van der Waals surface area contributed by atoms with Gasteiger partial charge >= 0.3 is 0 Å². The first-order valence-electron chi connectivity index (χ1n) is 10.7. The zero-order valence-electron chi connectivity index (χ0n) is 17.3. The Morgan fingerprint density at radius 2 is 1.87 bits per heavy atom. The second kappa shape index (κ2) is 8.65. The van der Waals surface area contributed by atoms with Crippen molar-refractivity contribution in [2.75, 3.05) is 20.1 Å². The average Bonchev–Trinajstić information content (AvgIpc) is 2.98. The minimum Gasteiger partial charge on any atom is -0.320 e. The first-order chi connectivity index (χ1) is 14.5. The molecular weight excluding hydrogens is 384 g/mol. The molecule has 0 aliphatic carbocycles. The molecule has 0 spiro atoms. The Morgan fingerprint density at radius 3 is 2.63 bits per heavy atom. The zero-order valence-corrected chi connectivity index (χ0v) is 17.3. The Kier molecular flexibility index (Phi) is 5.97. The molecular formula is C22H28N4O4. The largest absolute Gasteiger partial charge is 0.320 e. The molecule has 3 heterocycles. The van der Waals surface area contributed by atoms with Gasteiger partial charge in [-0.3, -0.25) is 34.3 Å². The van der Waals surface area contributed by atoms with Gasteiger partial charge in [-0.2, -0.15) is 0 Å². The van der Waals surface area contributed by atoms with E-state index in [4.69, 9.17) is 0 Å². The van der Waals surface area contributed by atoms with Crippen molar-refractivity contribution in [3.05, 3.63) is 34.9 Å². The van der Waals surface area contributed by atoms with Gasteiger partial charge in [0.15, 0.2) is 0 Å². The zero-order chi connectivity index (χ0) is 21.3. The van der Waals surface area contributed by atoms with Crippen molar-refractivity contribution in [2.45, 2.75) is 57.2 Å². The minimum absolute atomic E-state index is 0.123. The number of hydrogen-bond donors (Lipinski definition) is 2. The summed E-state index contributed by atoms with van der Waals surface area (Å²) in [6.45, 7) is 2.74. The third-order valence-electron chi connectivity index (χ3n) is 6.37. The summed E-state index contributed by atoms with van der Waals surface area (Å²) in [5.41, 5.74) is 1.68. The maximum atomic E-state index is 13.0. The Morgan fingerprint density at radius 1 is 1.07 bits per heavy atom. The molecule has 8 nitrogen and oxygen atoms in total. The second-order valence-electron chi connectivity index (χ2n) is 8.34. The van der Waals surface area contributed by atoms with Crippen molar-refractivity contribution >= 4 is 23.6 Å². The van der Waals surface area contributed by atoms with Gasteiger partial charge in [-0.1, -0.05) is 12.5 Å². The third kappa shape index (κ3) is 3.89. The standard InChI is InChI=1S/C22H28N4O4/c1-23-10-9-15-4-2-3-11-25(15)13-14-5-6-16-17(12-14)22(30)26(21(16)29)18-7-8-19(27)24-20(18)28/h5-6,12,15,18,23H,2-4,7-11,13H2,1H3,(H,24,27,28). The average molecular weight is 412 g/mol. The number of fused-ring (bicyclic) bond motifs is 1. The van der Waals surface area contributed by atoms with Crippen molar-refractivity contribution in [2.24, 2.45) is 0 Å². The number of piperidine rings is 2. The molecule has 0 radical (unpaired) electrons. The molecule has 2 fully saturated rings. The van der Waals surface area contributed by atoms with Gasteiger partial charge in [0.25, 0.3) is 11.8 Å². The Balaban J connectivity index is 1.52. The van der Waals surface area contributed by atoms with Crippen molar-refractivity contribution in [3.8, 4) is 0 Å². The molecule has 3 aliphatic rings. The summed E-state index contributed by atoms with van der Waals surface area (Å²) < 4.78 is 0. The van der Waals surface area contributed by atoms with Crippen LogP contribution in [0.15, 0.2) is 18.2 Å². The quantitative estimate of drug-likeness (QED) is 0.678. The minimum atomic E-state index is -0.924. The first kappa shape index (κ1) is 20.7. The maximum Gasteiger partial charge on any atom is 0.262 e. The van der Waals surface area contributed by atoms with Crippen LogP contribution in [0.5, 0.6) is 0 Å². The summed E-state index contributed by atoms with van der Waals surface area (Å²) in [4.78, 5) is 52.9. The van der Waals surface area contributed by atoms with Crippen LogP contribution in [0.25, 0.3) is 0 Å². The molecule has 0 aromatic heterocycles. The van der Waals surface area contributed by atoms with Crippen molar-refractivity contribution in [3.63, 3.8) is 0 Å². The number of benzene rings is 1. The van der Waals surface area contributed by atoms with E-state index in [0.29, 0.717) is 17.2 Å². The van der Waals surface area contributed by atoms with Crippen LogP contribution in [0.4, 0.5) is 0 Å². The van der Waals surface area contributed by atoms with E-state index in [-0.39, 0.29) is 18.7 Å². The van der Waals surface area contributed by atoms with Crippen LogP contribution < -0.4 is 10.6 Å². The van der Waals surface area contributed by atoms with Crippen molar-refractivity contribution < 1.29 is 19.2 Å². The van der Waals surface area contributed by atoms with Crippen LogP contribution >= 0.6 is 0 Å². The first-order valence-corrected chi connectivity index (χ1v) is 10.7. The summed E-state index contributed by atoms with van der Waals surface area (Å²) in [6.07, 6.45) is 4.96. The predicted molar refractivity (Wildman–Crippen MR) is 110 cm³/mol. The number of amides is 4. The Hall–Kier alpha value is -2.58. The van der Waals surface area contributed by atoms with E-state index in [1.807, 2.05) is 13.1 Å². The van der Waals surface area contributed by atoms with Gasteiger partial charge in [-0.25, -0.2) is 0 Å². The molecule has 8 heteroatoms. The molecule has 1 aromatic rings. The maximum absolute atomic E-state index is 13.0. The molecule has 2 saturated heterocycles. The summed E-state index contributed by atoms with van der Waals surface area (Å²) in [6, 6.07) is 4.99. The van der Waals surface area contributed by atoms with E-state index < -0.39 is 23.8 Å². The van der Waals surface area contributed by atoms with Crippen LogP contribution in [-0.4, -0.2) is 65.6 Å². The Labute approximate surface area is 176 Å². The van der Waals surface area contributed by atoms with E-state index in [2.05, 4.69) is 15.5 Å². The number of likely N-dealkylation sites (tertiary alicyclic amines) is 1. The van der Waals surface area contributed by atoms with Gasteiger partial charge in [-0.15, -0.1) is 0 Å². The SMILES string of the molecule is CNCCC1CCCCN1Cc1ccc2c(c1)C(=O)N(C1CCC(=O)NC1=O)C2=O. The number of hydrogen-bond acceptors (Lipinski definition) is 6. The van der Waals surface area contributed by atoms with Gasteiger partial charge in [0, 0.05) is 19.0 Å². The normalized spacial score (nSPS) is 24.9.